The Morgan fingerprint density at radius 1 is 1.06 bits per heavy atom. The van der Waals surface area contributed by atoms with Crippen molar-refractivity contribution in [1.82, 2.24) is 20.7 Å². The molecule has 0 spiro atoms. The number of benzene rings is 2. The van der Waals surface area contributed by atoms with Crippen LogP contribution in [0.1, 0.15) is 30.5 Å². The average Bonchev–Trinajstić information content (AvgIpc) is 3.20. The molecule has 0 saturated heterocycles. The van der Waals surface area contributed by atoms with Crippen LogP contribution in [0.25, 0.3) is 0 Å². The average molecular weight is 472 g/mol. The van der Waals surface area contributed by atoms with Crippen molar-refractivity contribution in [3.8, 4) is 0 Å². The number of hydrogen-bond acceptors (Lipinski definition) is 5. The molecule has 33 heavy (non-hydrogen) atoms. The number of carbonyl (C=O) groups is 2. The first-order valence-corrected chi connectivity index (χ1v) is 11.7. The summed E-state index contributed by atoms with van der Waals surface area (Å²) in [5.41, 5.74) is 4.24. The molecular weight excluding hydrogens is 438 g/mol. The molecule has 1 heterocycles. The van der Waals surface area contributed by atoms with Gasteiger partial charge in [0.05, 0.1) is 13.1 Å². The number of halogens is 1. The highest BCUT2D eigenvalue weighted by Gasteiger charge is 2.25. The van der Waals surface area contributed by atoms with E-state index < -0.39 is 0 Å². The molecule has 2 amide bonds. The second kappa shape index (κ2) is 11.6. The number of likely N-dealkylation sites (N-methyl/N-ethyl adjacent to an activating group) is 1. The molecule has 0 bridgehead atoms. The summed E-state index contributed by atoms with van der Waals surface area (Å²) in [6, 6.07) is 14.1. The number of amides is 2. The minimum absolute atomic E-state index is 0.0730. The van der Waals surface area contributed by atoms with Gasteiger partial charge in [-0.1, -0.05) is 49.7 Å². The van der Waals surface area contributed by atoms with Gasteiger partial charge < -0.3 is 10.2 Å². The van der Waals surface area contributed by atoms with E-state index in [0.29, 0.717) is 37.2 Å². The van der Waals surface area contributed by atoms with Gasteiger partial charge in [0.15, 0.2) is 0 Å². The Labute approximate surface area is 201 Å². The first kappa shape index (κ1) is 25.2. The second-order valence-electron chi connectivity index (χ2n) is 8.70. The van der Waals surface area contributed by atoms with Crippen LogP contribution < -0.4 is 15.5 Å². The van der Waals surface area contributed by atoms with Gasteiger partial charge in [0, 0.05) is 50.0 Å². The van der Waals surface area contributed by atoms with Gasteiger partial charge in [-0.25, -0.2) is 5.01 Å². The Bertz CT molecular complexity index is 956. The van der Waals surface area contributed by atoms with Gasteiger partial charge in [-0.05, 0) is 41.8 Å². The van der Waals surface area contributed by atoms with Gasteiger partial charge in [0.2, 0.25) is 5.91 Å². The summed E-state index contributed by atoms with van der Waals surface area (Å²) in [5.74, 6) is -0.165. The Morgan fingerprint density at radius 2 is 1.70 bits per heavy atom. The van der Waals surface area contributed by atoms with E-state index in [1.807, 2.05) is 36.2 Å². The molecule has 178 valence electrons. The number of nitrogens with zero attached hydrogens (tertiary/aromatic N) is 3. The number of hydrogen-bond donors (Lipinski definition) is 2. The van der Waals surface area contributed by atoms with Crippen LogP contribution in [0.5, 0.6) is 0 Å². The summed E-state index contributed by atoms with van der Waals surface area (Å²) in [6.45, 7) is 8.87. The zero-order valence-corrected chi connectivity index (χ0v) is 20.7. The second-order valence-corrected chi connectivity index (χ2v) is 9.13. The molecule has 3 rings (SSSR count). The SMILES string of the molecule is Cc1cc(Cl)ccc1N(CCNC(C)C)C(=O)CNCC(=O)N(C)N1Cc2ccccc2C1. The van der Waals surface area contributed by atoms with Gasteiger partial charge in [-0.15, -0.1) is 0 Å². The highest BCUT2D eigenvalue weighted by Crippen LogP contribution is 2.24. The van der Waals surface area contributed by atoms with E-state index in [4.69, 9.17) is 11.6 Å². The zero-order chi connectivity index (χ0) is 24.0. The van der Waals surface area contributed by atoms with Crippen LogP contribution in [0.15, 0.2) is 42.5 Å². The maximum Gasteiger partial charge on any atom is 0.250 e. The molecule has 2 N–H and O–H groups in total. The van der Waals surface area contributed by atoms with Crippen LogP contribution in [0.2, 0.25) is 5.02 Å². The minimum Gasteiger partial charge on any atom is -0.313 e. The molecule has 1 aliphatic heterocycles. The van der Waals surface area contributed by atoms with Crippen LogP contribution in [0.4, 0.5) is 5.69 Å². The number of fused-ring (bicyclic) bond motifs is 1. The molecule has 0 radical (unpaired) electrons. The standard InChI is InChI=1S/C25H34ClN5O2/c1-18(2)28-11-12-31(23-10-9-22(26)13-19(23)3)25(33)15-27-14-24(32)29(4)30-16-20-7-5-6-8-21(20)17-30/h5-10,13,18,27-28H,11-12,14-17H2,1-4H3. The number of nitrogens with one attached hydrogen (secondary N) is 2. The van der Waals surface area contributed by atoms with E-state index >= 15 is 0 Å². The Morgan fingerprint density at radius 3 is 2.30 bits per heavy atom. The van der Waals surface area contributed by atoms with Crippen molar-refractivity contribution in [2.45, 2.75) is 39.9 Å². The first-order valence-electron chi connectivity index (χ1n) is 11.3. The first-order chi connectivity index (χ1) is 15.8. The van der Waals surface area contributed by atoms with E-state index in [1.165, 1.54) is 11.1 Å². The molecule has 0 aliphatic carbocycles. The number of carbonyl (C=O) groups excluding carboxylic acids is 2. The molecule has 2 aromatic carbocycles. The molecule has 1 aliphatic rings. The fourth-order valence-electron chi connectivity index (χ4n) is 3.94. The zero-order valence-electron chi connectivity index (χ0n) is 19.9. The summed E-state index contributed by atoms with van der Waals surface area (Å²) in [7, 11) is 1.78. The molecule has 0 saturated carbocycles. The highest BCUT2D eigenvalue weighted by atomic mass is 35.5. The van der Waals surface area contributed by atoms with Crippen molar-refractivity contribution in [2.75, 3.05) is 38.1 Å². The van der Waals surface area contributed by atoms with Gasteiger partial charge in [0.1, 0.15) is 0 Å². The topological polar surface area (TPSA) is 67.9 Å². The quantitative estimate of drug-likeness (QED) is 0.557. The number of rotatable bonds is 10. The van der Waals surface area contributed by atoms with Gasteiger partial charge in [-0.2, -0.15) is 0 Å². The van der Waals surface area contributed by atoms with E-state index in [9.17, 15) is 9.59 Å². The van der Waals surface area contributed by atoms with Crippen molar-refractivity contribution in [3.63, 3.8) is 0 Å². The van der Waals surface area contributed by atoms with Crippen LogP contribution in [-0.2, 0) is 22.7 Å². The van der Waals surface area contributed by atoms with Crippen molar-refractivity contribution >= 4 is 29.1 Å². The van der Waals surface area contributed by atoms with Crippen LogP contribution >= 0.6 is 11.6 Å². The third-order valence-electron chi connectivity index (χ3n) is 5.80. The van der Waals surface area contributed by atoms with Gasteiger partial charge >= 0.3 is 0 Å². The Hall–Kier alpha value is -2.45. The Balaban J connectivity index is 1.55. The monoisotopic (exact) mass is 471 g/mol. The van der Waals surface area contributed by atoms with Crippen LogP contribution in [0.3, 0.4) is 0 Å². The molecule has 7 nitrogen and oxygen atoms in total. The lowest BCUT2D eigenvalue weighted by Gasteiger charge is -2.28. The van der Waals surface area contributed by atoms with Crippen LogP contribution in [0, 0.1) is 6.92 Å². The normalized spacial score (nSPS) is 13.3. The number of aryl methyl sites for hydroxylation is 1. The molecule has 0 fully saturated rings. The molecule has 0 unspecified atom stereocenters. The largest absolute Gasteiger partial charge is 0.313 e. The van der Waals surface area contributed by atoms with Crippen molar-refractivity contribution in [1.29, 1.82) is 0 Å². The smallest absolute Gasteiger partial charge is 0.250 e. The summed E-state index contributed by atoms with van der Waals surface area (Å²) < 4.78 is 0. The third kappa shape index (κ3) is 6.77. The fraction of sp³-hybridized carbons (Fsp3) is 0.440. The molecule has 8 heteroatoms. The molecule has 0 aromatic heterocycles. The van der Waals surface area contributed by atoms with E-state index in [1.54, 1.807) is 23.0 Å². The predicted molar refractivity (Wildman–Crippen MR) is 133 cm³/mol. The van der Waals surface area contributed by atoms with E-state index in [0.717, 1.165) is 11.3 Å². The summed E-state index contributed by atoms with van der Waals surface area (Å²) in [6.07, 6.45) is 0. The van der Waals surface area contributed by atoms with Gasteiger partial charge in [-0.3, -0.25) is 19.9 Å². The summed E-state index contributed by atoms with van der Waals surface area (Å²) >= 11 is 6.10. The highest BCUT2D eigenvalue weighted by molar-refractivity contribution is 6.30. The fourth-order valence-corrected chi connectivity index (χ4v) is 4.16. The van der Waals surface area contributed by atoms with E-state index in [-0.39, 0.29) is 24.9 Å². The van der Waals surface area contributed by atoms with Crippen LogP contribution in [-0.4, -0.2) is 61.1 Å². The predicted octanol–water partition coefficient (Wildman–Crippen LogP) is 2.96. The Kier molecular flexibility index (Phi) is 8.86. The van der Waals surface area contributed by atoms with Gasteiger partial charge in [0.25, 0.3) is 5.91 Å². The molecule has 0 atom stereocenters. The number of hydrazine groups is 1. The molecule has 2 aromatic rings. The van der Waals surface area contributed by atoms with Crippen molar-refractivity contribution in [3.05, 3.63) is 64.2 Å². The number of anilines is 1. The lowest BCUT2D eigenvalue weighted by atomic mass is 10.1. The van der Waals surface area contributed by atoms with Crippen molar-refractivity contribution < 1.29 is 9.59 Å². The van der Waals surface area contributed by atoms with E-state index in [2.05, 4.69) is 36.6 Å². The minimum atomic E-state index is -0.0880. The summed E-state index contributed by atoms with van der Waals surface area (Å²) in [4.78, 5) is 27.5. The summed E-state index contributed by atoms with van der Waals surface area (Å²) in [5, 5.41) is 10.7. The maximum atomic E-state index is 13.1. The molecular formula is C25H34ClN5O2. The van der Waals surface area contributed by atoms with Crippen molar-refractivity contribution in [2.24, 2.45) is 0 Å². The third-order valence-corrected chi connectivity index (χ3v) is 6.04. The maximum absolute atomic E-state index is 13.1. The lowest BCUT2D eigenvalue weighted by Crippen LogP contribution is -2.47. The lowest BCUT2D eigenvalue weighted by molar-refractivity contribution is -0.145.